The molecule has 0 saturated heterocycles. The maximum atomic E-state index is 4.61. The number of aryl methyl sites for hydroxylation is 1. The zero-order valence-corrected chi connectivity index (χ0v) is 11.6. The van der Waals surface area contributed by atoms with E-state index in [9.17, 15) is 0 Å². The molecule has 0 saturated carbocycles. The number of hydrogen-bond donors (Lipinski definition) is 1. The zero-order chi connectivity index (χ0) is 12.5. The molecule has 3 heteroatoms. The van der Waals surface area contributed by atoms with E-state index in [0.29, 0.717) is 12.0 Å². The SMILES string of the molecule is CNC(CC1Cc2ccccc21)c1csc(C)n1. The highest BCUT2D eigenvalue weighted by molar-refractivity contribution is 7.09. The van der Waals surface area contributed by atoms with E-state index in [0.717, 1.165) is 11.4 Å². The van der Waals surface area contributed by atoms with E-state index in [-0.39, 0.29) is 0 Å². The number of hydrogen-bond acceptors (Lipinski definition) is 3. The predicted molar refractivity (Wildman–Crippen MR) is 76.2 cm³/mol. The topological polar surface area (TPSA) is 24.9 Å². The first kappa shape index (κ1) is 11.9. The van der Waals surface area contributed by atoms with Crippen molar-refractivity contribution in [1.29, 1.82) is 0 Å². The van der Waals surface area contributed by atoms with Crippen molar-refractivity contribution in [3.8, 4) is 0 Å². The van der Waals surface area contributed by atoms with Crippen LogP contribution in [0.25, 0.3) is 0 Å². The van der Waals surface area contributed by atoms with E-state index in [1.807, 2.05) is 7.05 Å². The van der Waals surface area contributed by atoms with Gasteiger partial charge in [-0.1, -0.05) is 24.3 Å². The highest BCUT2D eigenvalue weighted by Gasteiger charge is 2.28. The summed E-state index contributed by atoms with van der Waals surface area (Å²) in [6, 6.07) is 9.17. The van der Waals surface area contributed by atoms with Gasteiger partial charge in [0.1, 0.15) is 0 Å². The van der Waals surface area contributed by atoms with Crippen molar-refractivity contribution in [3.05, 3.63) is 51.5 Å². The molecule has 1 aliphatic carbocycles. The highest BCUT2D eigenvalue weighted by Crippen LogP contribution is 2.40. The Morgan fingerprint density at radius 3 is 2.94 bits per heavy atom. The van der Waals surface area contributed by atoms with Crippen LogP contribution < -0.4 is 5.32 Å². The molecule has 0 spiro atoms. The molecule has 2 unspecified atom stereocenters. The van der Waals surface area contributed by atoms with Gasteiger partial charge in [-0.2, -0.15) is 0 Å². The molecule has 0 fully saturated rings. The van der Waals surface area contributed by atoms with Gasteiger partial charge < -0.3 is 5.32 Å². The molecule has 0 radical (unpaired) electrons. The molecule has 3 rings (SSSR count). The van der Waals surface area contributed by atoms with Crippen LogP contribution in [0.2, 0.25) is 0 Å². The number of nitrogens with one attached hydrogen (secondary N) is 1. The molecule has 0 aliphatic heterocycles. The summed E-state index contributed by atoms with van der Waals surface area (Å²) >= 11 is 1.74. The Morgan fingerprint density at radius 1 is 1.44 bits per heavy atom. The summed E-state index contributed by atoms with van der Waals surface area (Å²) in [5.41, 5.74) is 4.25. The fourth-order valence-electron chi connectivity index (χ4n) is 2.78. The van der Waals surface area contributed by atoms with Crippen LogP contribution in [0, 0.1) is 6.92 Å². The number of thiazole rings is 1. The van der Waals surface area contributed by atoms with Crippen LogP contribution in [0.4, 0.5) is 0 Å². The van der Waals surface area contributed by atoms with E-state index in [4.69, 9.17) is 0 Å². The van der Waals surface area contributed by atoms with E-state index >= 15 is 0 Å². The third kappa shape index (κ3) is 2.08. The molecular formula is C15H18N2S. The van der Waals surface area contributed by atoms with Gasteiger partial charge in [-0.15, -0.1) is 11.3 Å². The van der Waals surface area contributed by atoms with Crippen molar-refractivity contribution in [2.75, 3.05) is 7.05 Å². The number of rotatable bonds is 4. The van der Waals surface area contributed by atoms with Crippen LogP contribution in [-0.4, -0.2) is 12.0 Å². The van der Waals surface area contributed by atoms with Gasteiger partial charge in [0.15, 0.2) is 0 Å². The van der Waals surface area contributed by atoms with Crippen LogP contribution in [0.1, 0.15) is 40.2 Å². The zero-order valence-electron chi connectivity index (χ0n) is 10.8. The number of nitrogens with zero attached hydrogens (tertiary/aromatic N) is 1. The van der Waals surface area contributed by atoms with Gasteiger partial charge in [0.25, 0.3) is 0 Å². The van der Waals surface area contributed by atoms with Gasteiger partial charge in [-0.3, -0.25) is 0 Å². The second kappa shape index (κ2) is 4.82. The highest BCUT2D eigenvalue weighted by atomic mass is 32.1. The molecule has 1 aliphatic rings. The molecule has 94 valence electrons. The molecule has 2 nitrogen and oxygen atoms in total. The number of fused-ring (bicyclic) bond motifs is 1. The molecule has 0 bridgehead atoms. The standard InChI is InChI=1S/C15H18N2S/c1-10-17-15(9-18-10)14(16-2)8-12-7-11-5-3-4-6-13(11)12/h3-6,9,12,14,16H,7-8H2,1-2H3. The van der Waals surface area contributed by atoms with Crippen LogP contribution in [0.3, 0.4) is 0 Å². The van der Waals surface area contributed by atoms with Crippen molar-refractivity contribution in [2.45, 2.75) is 31.7 Å². The summed E-state index contributed by atoms with van der Waals surface area (Å²) < 4.78 is 0. The summed E-state index contributed by atoms with van der Waals surface area (Å²) in [4.78, 5) is 4.61. The van der Waals surface area contributed by atoms with Gasteiger partial charge in [0, 0.05) is 5.38 Å². The van der Waals surface area contributed by atoms with Crippen LogP contribution >= 0.6 is 11.3 Å². The van der Waals surface area contributed by atoms with Crippen molar-refractivity contribution < 1.29 is 0 Å². The fraction of sp³-hybridized carbons (Fsp3) is 0.400. The average Bonchev–Trinajstić information content (AvgIpc) is 2.77. The number of aromatic nitrogens is 1. The summed E-state index contributed by atoms with van der Waals surface area (Å²) in [7, 11) is 2.03. The third-order valence-corrected chi connectivity index (χ3v) is 4.62. The molecule has 2 atom stereocenters. The fourth-order valence-corrected chi connectivity index (χ4v) is 3.45. The van der Waals surface area contributed by atoms with Gasteiger partial charge >= 0.3 is 0 Å². The van der Waals surface area contributed by atoms with E-state index in [2.05, 4.69) is 46.9 Å². The van der Waals surface area contributed by atoms with E-state index < -0.39 is 0 Å². The smallest absolute Gasteiger partial charge is 0.0898 e. The van der Waals surface area contributed by atoms with Crippen LogP contribution in [0.15, 0.2) is 29.6 Å². The van der Waals surface area contributed by atoms with Crippen molar-refractivity contribution in [2.24, 2.45) is 0 Å². The van der Waals surface area contributed by atoms with Crippen LogP contribution in [-0.2, 0) is 6.42 Å². The minimum absolute atomic E-state index is 0.383. The average molecular weight is 258 g/mol. The van der Waals surface area contributed by atoms with Gasteiger partial charge in [0.05, 0.1) is 16.7 Å². The van der Waals surface area contributed by atoms with Crippen LogP contribution in [0.5, 0.6) is 0 Å². The lowest BCUT2D eigenvalue weighted by atomic mass is 9.74. The lowest BCUT2D eigenvalue weighted by Crippen LogP contribution is -2.25. The lowest BCUT2D eigenvalue weighted by molar-refractivity contribution is 0.446. The normalized spacial score (nSPS) is 19.1. The van der Waals surface area contributed by atoms with Crippen molar-refractivity contribution >= 4 is 11.3 Å². The quantitative estimate of drug-likeness (QED) is 0.908. The molecule has 1 aromatic carbocycles. The van der Waals surface area contributed by atoms with Crippen molar-refractivity contribution in [1.82, 2.24) is 10.3 Å². The minimum Gasteiger partial charge on any atom is -0.312 e. The molecule has 1 aromatic heterocycles. The molecule has 2 aromatic rings. The summed E-state index contributed by atoms with van der Waals surface area (Å²) in [6.07, 6.45) is 2.37. The van der Waals surface area contributed by atoms with Gasteiger partial charge in [-0.05, 0) is 43.9 Å². The predicted octanol–water partition coefficient (Wildman–Crippen LogP) is 3.44. The minimum atomic E-state index is 0.383. The Morgan fingerprint density at radius 2 is 2.28 bits per heavy atom. The Hall–Kier alpha value is -1.19. The summed E-state index contributed by atoms with van der Waals surface area (Å²) in [5.74, 6) is 0.695. The molecular weight excluding hydrogens is 240 g/mol. The third-order valence-electron chi connectivity index (χ3n) is 3.82. The Kier molecular flexibility index (Phi) is 3.18. The second-order valence-electron chi connectivity index (χ2n) is 4.97. The second-order valence-corrected chi connectivity index (χ2v) is 6.03. The Balaban J connectivity index is 1.73. The molecule has 18 heavy (non-hydrogen) atoms. The summed E-state index contributed by atoms with van der Waals surface area (Å²) in [5, 5.41) is 6.74. The largest absolute Gasteiger partial charge is 0.312 e. The summed E-state index contributed by atoms with van der Waals surface area (Å²) in [6.45, 7) is 2.07. The van der Waals surface area contributed by atoms with E-state index in [1.165, 1.54) is 23.2 Å². The Bertz CT molecular complexity index is 547. The Labute approximate surface area is 112 Å². The molecule has 1 heterocycles. The van der Waals surface area contributed by atoms with E-state index in [1.54, 1.807) is 11.3 Å². The first-order valence-electron chi connectivity index (χ1n) is 6.45. The molecule has 1 N–H and O–H groups in total. The maximum Gasteiger partial charge on any atom is 0.0898 e. The lowest BCUT2D eigenvalue weighted by Gasteiger charge is -2.32. The first-order chi connectivity index (χ1) is 8.78. The monoisotopic (exact) mass is 258 g/mol. The number of benzene rings is 1. The van der Waals surface area contributed by atoms with Crippen molar-refractivity contribution in [3.63, 3.8) is 0 Å². The maximum absolute atomic E-state index is 4.61. The van der Waals surface area contributed by atoms with Gasteiger partial charge in [0.2, 0.25) is 0 Å². The molecule has 0 amide bonds. The van der Waals surface area contributed by atoms with Gasteiger partial charge in [-0.25, -0.2) is 4.98 Å². The first-order valence-corrected chi connectivity index (χ1v) is 7.33.